The van der Waals surface area contributed by atoms with Crippen LogP contribution in [-0.4, -0.2) is 29.7 Å². The molecular weight excluding hydrogens is 410 g/mol. The molecular formula is C22H15N7O3. The molecule has 0 saturated heterocycles. The van der Waals surface area contributed by atoms with Crippen LogP contribution in [0, 0.1) is 10.1 Å². The van der Waals surface area contributed by atoms with Crippen molar-refractivity contribution in [3.8, 4) is 28.4 Å². The number of benzene rings is 2. The number of nitrogen functional groups attached to an aromatic ring is 1. The summed E-state index contributed by atoms with van der Waals surface area (Å²) in [6.07, 6.45) is 2.71. The fourth-order valence-corrected chi connectivity index (χ4v) is 3.27. The molecule has 0 unspecified atom stereocenters. The Bertz CT molecular complexity index is 1420. The highest BCUT2D eigenvalue weighted by Crippen LogP contribution is 2.33. The largest absolute Gasteiger partial charge is 0.457 e. The summed E-state index contributed by atoms with van der Waals surface area (Å²) in [7, 11) is 0. The zero-order valence-electron chi connectivity index (χ0n) is 16.5. The molecule has 0 saturated carbocycles. The lowest BCUT2D eigenvalue weighted by molar-refractivity contribution is -0.389. The fraction of sp³-hybridized carbons (Fsp3) is 0. The minimum Gasteiger partial charge on any atom is -0.457 e. The van der Waals surface area contributed by atoms with Gasteiger partial charge in [0.2, 0.25) is 0 Å². The van der Waals surface area contributed by atoms with Gasteiger partial charge in [0.05, 0.1) is 5.39 Å². The van der Waals surface area contributed by atoms with Crippen LogP contribution in [-0.2, 0) is 0 Å². The van der Waals surface area contributed by atoms with E-state index in [1.54, 1.807) is 6.07 Å². The van der Waals surface area contributed by atoms with E-state index in [0.717, 1.165) is 11.3 Å². The Balaban J connectivity index is 1.56. The number of aromatic nitrogens is 5. The van der Waals surface area contributed by atoms with E-state index < -0.39 is 4.92 Å². The number of nitrogens with zero attached hydrogens (tertiary/aromatic N) is 6. The molecule has 0 spiro atoms. The van der Waals surface area contributed by atoms with E-state index in [2.05, 4.69) is 20.1 Å². The van der Waals surface area contributed by atoms with Crippen LogP contribution in [0.1, 0.15) is 0 Å². The number of pyridine rings is 1. The van der Waals surface area contributed by atoms with Crippen LogP contribution in [0.3, 0.4) is 0 Å². The topological polar surface area (TPSA) is 135 Å². The molecule has 0 atom stereocenters. The van der Waals surface area contributed by atoms with Gasteiger partial charge in [-0.15, -0.1) is 0 Å². The van der Waals surface area contributed by atoms with Crippen molar-refractivity contribution in [2.75, 3.05) is 5.73 Å². The molecule has 10 nitrogen and oxygen atoms in total. The monoisotopic (exact) mass is 425 g/mol. The lowest BCUT2D eigenvalue weighted by Gasteiger charge is -2.06. The van der Waals surface area contributed by atoms with Crippen LogP contribution >= 0.6 is 0 Å². The SMILES string of the molecule is Nc1ncnc2c1c(-c1ccc(Oc3ccccc3)cc1)nn2-c1ccc([N+](=O)[O-])nc1. The Morgan fingerprint density at radius 2 is 1.66 bits per heavy atom. The highest BCUT2D eigenvalue weighted by atomic mass is 16.6. The van der Waals surface area contributed by atoms with Crippen LogP contribution in [0.25, 0.3) is 28.0 Å². The molecule has 5 rings (SSSR count). The summed E-state index contributed by atoms with van der Waals surface area (Å²) in [5.41, 5.74) is 8.48. The highest BCUT2D eigenvalue weighted by Gasteiger charge is 2.19. The van der Waals surface area contributed by atoms with Gasteiger partial charge in [-0.25, -0.2) is 14.6 Å². The average Bonchev–Trinajstić information content (AvgIpc) is 3.21. The standard InChI is InChI=1S/C22H15N7O3/c23-21-19-20(14-6-9-17(10-7-14)32-16-4-2-1-3-5-16)27-28(22(19)26-13-25-21)15-8-11-18(24-12-15)29(30)31/h1-13H,(H2,23,25,26). The summed E-state index contributed by atoms with van der Waals surface area (Å²) >= 11 is 0. The van der Waals surface area contributed by atoms with Gasteiger partial charge in [-0.05, 0) is 52.4 Å². The summed E-state index contributed by atoms with van der Waals surface area (Å²) in [5.74, 6) is 1.43. The summed E-state index contributed by atoms with van der Waals surface area (Å²) < 4.78 is 7.38. The first-order chi connectivity index (χ1) is 15.6. The lowest BCUT2D eigenvalue weighted by Crippen LogP contribution is -2.00. The maximum atomic E-state index is 10.9. The first kappa shape index (κ1) is 19.1. The van der Waals surface area contributed by atoms with Gasteiger partial charge in [-0.3, -0.25) is 0 Å². The van der Waals surface area contributed by atoms with Gasteiger partial charge >= 0.3 is 5.82 Å². The van der Waals surface area contributed by atoms with Gasteiger partial charge in [0.1, 0.15) is 35.0 Å². The molecule has 32 heavy (non-hydrogen) atoms. The number of anilines is 1. The van der Waals surface area contributed by atoms with Gasteiger partial charge < -0.3 is 20.6 Å². The summed E-state index contributed by atoms with van der Waals surface area (Å²) in [6.45, 7) is 0. The first-order valence-electron chi connectivity index (χ1n) is 9.53. The summed E-state index contributed by atoms with van der Waals surface area (Å²) in [4.78, 5) is 22.6. The molecule has 0 aliphatic rings. The van der Waals surface area contributed by atoms with Crippen LogP contribution in [0.5, 0.6) is 11.5 Å². The predicted molar refractivity (Wildman–Crippen MR) is 117 cm³/mol. The molecule has 0 fully saturated rings. The van der Waals surface area contributed by atoms with Crippen LogP contribution in [0.4, 0.5) is 11.6 Å². The second-order valence-electron chi connectivity index (χ2n) is 6.79. The van der Waals surface area contributed by atoms with Crippen LogP contribution in [0.15, 0.2) is 79.3 Å². The number of fused-ring (bicyclic) bond motifs is 1. The van der Waals surface area contributed by atoms with Crippen LogP contribution < -0.4 is 10.5 Å². The zero-order chi connectivity index (χ0) is 22.1. The predicted octanol–water partition coefficient (Wildman–Crippen LogP) is 4.16. The Hall–Kier alpha value is -4.86. The molecule has 3 heterocycles. The quantitative estimate of drug-likeness (QED) is 0.327. The zero-order valence-corrected chi connectivity index (χ0v) is 16.5. The molecule has 0 aliphatic heterocycles. The third-order valence-corrected chi connectivity index (χ3v) is 4.76. The first-order valence-corrected chi connectivity index (χ1v) is 9.53. The number of ether oxygens (including phenoxy) is 1. The van der Waals surface area contributed by atoms with E-state index >= 15 is 0 Å². The molecule has 0 bridgehead atoms. The smallest absolute Gasteiger partial charge is 0.363 e. The molecule has 10 heteroatoms. The maximum Gasteiger partial charge on any atom is 0.363 e. The van der Waals surface area contributed by atoms with E-state index in [1.807, 2.05) is 54.6 Å². The molecule has 2 aromatic carbocycles. The minimum atomic E-state index is -0.560. The number of nitrogens with two attached hydrogens (primary N) is 1. The Labute approximate surface area is 181 Å². The van der Waals surface area contributed by atoms with Crippen molar-refractivity contribution in [3.63, 3.8) is 0 Å². The van der Waals surface area contributed by atoms with Crippen molar-refractivity contribution in [1.82, 2.24) is 24.7 Å². The van der Waals surface area contributed by atoms with Crippen molar-refractivity contribution in [2.45, 2.75) is 0 Å². The second-order valence-corrected chi connectivity index (χ2v) is 6.79. The summed E-state index contributed by atoms with van der Waals surface area (Å²) in [6, 6.07) is 19.7. The number of hydrogen-bond acceptors (Lipinski definition) is 8. The molecule has 3 aromatic heterocycles. The number of nitro groups is 1. The fourth-order valence-electron chi connectivity index (χ4n) is 3.27. The van der Waals surface area contributed by atoms with Crippen molar-refractivity contribution >= 4 is 22.7 Å². The van der Waals surface area contributed by atoms with E-state index in [0.29, 0.717) is 28.2 Å². The third-order valence-electron chi connectivity index (χ3n) is 4.76. The number of hydrogen-bond donors (Lipinski definition) is 1. The average molecular weight is 425 g/mol. The van der Waals surface area contributed by atoms with Crippen molar-refractivity contribution < 1.29 is 9.66 Å². The van der Waals surface area contributed by atoms with E-state index in [1.165, 1.54) is 23.3 Å². The van der Waals surface area contributed by atoms with E-state index in [-0.39, 0.29) is 11.6 Å². The molecule has 0 amide bonds. The second kappa shape index (κ2) is 7.76. The summed E-state index contributed by atoms with van der Waals surface area (Å²) in [5, 5.41) is 16.1. The molecule has 156 valence electrons. The normalized spacial score (nSPS) is 10.9. The van der Waals surface area contributed by atoms with Gasteiger partial charge in [-0.1, -0.05) is 18.2 Å². The molecule has 0 radical (unpaired) electrons. The van der Waals surface area contributed by atoms with E-state index in [9.17, 15) is 10.1 Å². The van der Waals surface area contributed by atoms with Crippen LogP contribution in [0.2, 0.25) is 0 Å². The molecule has 2 N–H and O–H groups in total. The number of rotatable bonds is 5. The maximum absolute atomic E-state index is 10.9. The molecule has 5 aromatic rings. The van der Waals surface area contributed by atoms with Gasteiger partial charge in [0.15, 0.2) is 11.8 Å². The number of para-hydroxylation sites is 1. The van der Waals surface area contributed by atoms with Crippen molar-refractivity contribution in [3.05, 3.63) is 89.4 Å². The van der Waals surface area contributed by atoms with Gasteiger partial charge in [0, 0.05) is 11.6 Å². The third kappa shape index (κ3) is 3.45. The van der Waals surface area contributed by atoms with Gasteiger partial charge in [-0.2, -0.15) is 5.10 Å². The van der Waals surface area contributed by atoms with Gasteiger partial charge in [0.25, 0.3) is 0 Å². The van der Waals surface area contributed by atoms with E-state index in [4.69, 9.17) is 10.5 Å². The Morgan fingerprint density at radius 1 is 0.906 bits per heavy atom. The Morgan fingerprint density at radius 3 is 2.34 bits per heavy atom. The Kier molecular flexibility index (Phi) is 4.64. The highest BCUT2D eigenvalue weighted by molar-refractivity contribution is 5.98. The molecule has 0 aliphatic carbocycles. The van der Waals surface area contributed by atoms with Crippen molar-refractivity contribution in [2.24, 2.45) is 0 Å². The van der Waals surface area contributed by atoms with Crippen molar-refractivity contribution in [1.29, 1.82) is 0 Å². The lowest BCUT2D eigenvalue weighted by atomic mass is 10.1. The minimum absolute atomic E-state index is 0.256.